The molecule has 0 aliphatic carbocycles. The molecule has 0 saturated carbocycles. The molecule has 1 saturated heterocycles. The molecule has 11 heteroatoms. The van der Waals surface area contributed by atoms with Gasteiger partial charge in [0.05, 0.1) is 4.90 Å². The first-order chi connectivity index (χ1) is 14.6. The maximum atomic E-state index is 13.4. The highest BCUT2D eigenvalue weighted by molar-refractivity contribution is 7.89. The maximum Gasteiger partial charge on any atom is 0.573 e. The molecule has 1 amide bonds. The van der Waals surface area contributed by atoms with Gasteiger partial charge in [-0.1, -0.05) is 23.7 Å². The average Bonchev–Trinajstić information content (AvgIpc) is 2.89. The molecule has 1 aliphatic heterocycles. The van der Waals surface area contributed by atoms with Crippen LogP contribution in [0.2, 0.25) is 5.02 Å². The van der Waals surface area contributed by atoms with Gasteiger partial charge in [-0.15, -0.1) is 13.2 Å². The van der Waals surface area contributed by atoms with Crippen molar-refractivity contribution in [2.24, 2.45) is 0 Å². The molecule has 0 spiro atoms. The second-order valence-corrected chi connectivity index (χ2v) is 9.33. The number of hydrogen-bond donors (Lipinski definition) is 1. The number of ether oxygens (including phenoxy) is 1. The number of nitrogens with one attached hydrogen (secondary N) is 1. The van der Waals surface area contributed by atoms with Crippen molar-refractivity contribution in [1.82, 2.24) is 9.62 Å². The second kappa shape index (κ2) is 9.46. The van der Waals surface area contributed by atoms with Crippen LogP contribution in [0.15, 0.2) is 53.4 Å². The minimum absolute atomic E-state index is 0.0726. The molecule has 0 aromatic heterocycles. The highest BCUT2D eigenvalue weighted by Gasteiger charge is 2.37. The number of carbonyl (C=O) groups excluding carboxylic acids is 1. The normalized spacial score (nSPS) is 17.8. The molecular formula is C20H20ClF3N2O4S. The van der Waals surface area contributed by atoms with E-state index in [4.69, 9.17) is 11.6 Å². The lowest BCUT2D eigenvalue weighted by Gasteiger charge is -2.29. The van der Waals surface area contributed by atoms with Crippen LogP contribution in [0, 0.1) is 0 Å². The summed E-state index contributed by atoms with van der Waals surface area (Å²) in [6.07, 6.45) is -3.27. The Balaban J connectivity index is 1.99. The molecule has 2 aromatic rings. The van der Waals surface area contributed by atoms with Gasteiger partial charge >= 0.3 is 6.36 Å². The van der Waals surface area contributed by atoms with Crippen LogP contribution in [0.1, 0.15) is 24.8 Å². The Labute approximate surface area is 183 Å². The van der Waals surface area contributed by atoms with Crippen LogP contribution in [0.25, 0.3) is 0 Å². The van der Waals surface area contributed by atoms with Crippen molar-refractivity contribution in [3.8, 4) is 5.75 Å². The van der Waals surface area contributed by atoms with E-state index >= 15 is 0 Å². The molecule has 1 atom stereocenters. The van der Waals surface area contributed by atoms with Crippen LogP contribution < -0.4 is 10.1 Å². The minimum Gasteiger partial charge on any atom is -0.406 e. The molecule has 31 heavy (non-hydrogen) atoms. The summed E-state index contributed by atoms with van der Waals surface area (Å²) >= 11 is 5.86. The fourth-order valence-corrected chi connectivity index (χ4v) is 5.06. The highest BCUT2D eigenvalue weighted by Crippen LogP contribution is 2.28. The van der Waals surface area contributed by atoms with Crippen LogP contribution in [0.5, 0.6) is 5.75 Å². The first-order valence-electron chi connectivity index (χ1n) is 9.46. The lowest BCUT2D eigenvalue weighted by molar-refractivity contribution is -0.274. The third-order valence-corrected chi connectivity index (χ3v) is 6.87. The van der Waals surface area contributed by atoms with Crippen molar-refractivity contribution < 1.29 is 31.1 Å². The van der Waals surface area contributed by atoms with Crippen LogP contribution in [-0.2, 0) is 21.4 Å². The number of rotatable bonds is 6. The summed E-state index contributed by atoms with van der Waals surface area (Å²) in [6.45, 7) is 0.122. The lowest BCUT2D eigenvalue weighted by atomic mass is 10.1. The first-order valence-corrected chi connectivity index (χ1v) is 11.3. The van der Waals surface area contributed by atoms with Gasteiger partial charge in [0, 0.05) is 18.1 Å². The second-order valence-electron chi connectivity index (χ2n) is 7.00. The van der Waals surface area contributed by atoms with Crippen molar-refractivity contribution in [2.45, 2.75) is 43.1 Å². The van der Waals surface area contributed by atoms with Gasteiger partial charge in [0.1, 0.15) is 11.8 Å². The zero-order valence-electron chi connectivity index (χ0n) is 16.2. The van der Waals surface area contributed by atoms with Gasteiger partial charge in [-0.25, -0.2) is 8.42 Å². The van der Waals surface area contributed by atoms with E-state index in [1.807, 2.05) is 0 Å². The third kappa shape index (κ3) is 6.11. The summed E-state index contributed by atoms with van der Waals surface area (Å²) in [5.41, 5.74) is 0.247. The zero-order valence-corrected chi connectivity index (χ0v) is 17.8. The van der Waals surface area contributed by atoms with Gasteiger partial charge in [-0.05, 0) is 61.2 Å². The first kappa shape index (κ1) is 23.4. The topological polar surface area (TPSA) is 75.7 Å². The predicted molar refractivity (Wildman–Crippen MR) is 108 cm³/mol. The Morgan fingerprint density at radius 3 is 2.52 bits per heavy atom. The number of sulfonamides is 1. The molecule has 1 aliphatic rings. The number of alkyl halides is 3. The molecule has 1 fully saturated rings. The third-order valence-electron chi connectivity index (χ3n) is 4.74. The molecule has 168 valence electrons. The van der Waals surface area contributed by atoms with E-state index in [9.17, 15) is 26.4 Å². The van der Waals surface area contributed by atoms with E-state index in [0.717, 1.165) is 16.4 Å². The summed E-state index contributed by atoms with van der Waals surface area (Å²) in [4.78, 5) is 12.5. The van der Waals surface area contributed by atoms with Crippen LogP contribution in [0.4, 0.5) is 13.2 Å². The molecule has 0 bridgehead atoms. The number of hydrogen-bond acceptors (Lipinski definition) is 4. The van der Waals surface area contributed by atoms with Crippen LogP contribution in [0.3, 0.4) is 0 Å². The van der Waals surface area contributed by atoms with E-state index in [2.05, 4.69) is 10.1 Å². The zero-order chi connectivity index (χ0) is 22.6. The Morgan fingerprint density at radius 1 is 1.13 bits per heavy atom. The summed E-state index contributed by atoms with van der Waals surface area (Å²) in [5, 5.41) is 3.04. The van der Waals surface area contributed by atoms with Gasteiger partial charge in [0.15, 0.2) is 0 Å². The van der Waals surface area contributed by atoms with Crippen LogP contribution in [-0.4, -0.2) is 37.6 Å². The van der Waals surface area contributed by atoms with Crippen molar-refractivity contribution in [3.05, 3.63) is 59.1 Å². The molecule has 0 radical (unpaired) electrons. The Bertz CT molecular complexity index is 1030. The maximum absolute atomic E-state index is 13.4. The fourth-order valence-electron chi connectivity index (χ4n) is 3.32. The summed E-state index contributed by atoms with van der Waals surface area (Å²) in [7, 11) is -4.16. The van der Waals surface area contributed by atoms with E-state index in [1.165, 1.54) is 36.4 Å². The standard InChI is InChI=1S/C20H20ClF3N2O4S/c21-15-7-9-17(10-8-15)31(28,29)26(18-6-1-2-11-25-19(18)27)13-14-4-3-5-16(12-14)30-20(22,23)24/h3-5,7-10,12,18H,1-2,6,11,13H2,(H,25,27)/t18-/m1/s1. The minimum atomic E-state index is -4.88. The SMILES string of the molecule is O=C1NCCCC[C@H]1N(Cc1cccc(OC(F)(F)F)c1)S(=O)(=O)c1ccc(Cl)cc1. The molecule has 3 rings (SSSR count). The number of amides is 1. The van der Waals surface area contributed by atoms with Gasteiger partial charge < -0.3 is 10.1 Å². The van der Waals surface area contributed by atoms with E-state index in [-0.39, 0.29) is 23.4 Å². The molecular weight excluding hydrogens is 457 g/mol. The smallest absolute Gasteiger partial charge is 0.406 e. The summed E-state index contributed by atoms with van der Waals surface area (Å²) < 4.78 is 69.5. The Kier molecular flexibility index (Phi) is 7.13. The van der Waals surface area contributed by atoms with Crippen molar-refractivity contribution in [1.29, 1.82) is 0 Å². The average molecular weight is 477 g/mol. The van der Waals surface area contributed by atoms with Gasteiger partial charge in [0.2, 0.25) is 15.9 Å². The molecule has 2 aromatic carbocycles. The largest absolute Gasteiger partial charge is 0.573 e. The van der Waals surface area contributed by atoms with E-state index in [1.54, 1.807) is 0 Å². The van der Waals surface area contributed by atoms with E-state index < -0.39 is 34.1 Å². The van der Waals surface area contributed by atoms with Crippen molar-refractivity contribution >= 4 is 27.5 Å². The van der Waals surface area contributed by atoms with Crippen LogP contribution >= 0.6 is 11.6 Å². The van der Waals surface area contributed by atoms with Gasteiger partial charge in [-0.3, -0.25) is 4.79 Å². The molecule has 0 unspecified atom stereocenters. The number of nitrogens with zero attached hydrogens (tertiary/aromatic N) is 1. The number of halogens is 4. The van der Waals surface area contributed by atoms with Gasteiger partial charge in [0.25, 0.3) is 0 Å². The summed E-state index contributed by atoms with van der Waals surface area (Å²) in [6, 6.07) is 9.49. The highest BCUT2D eigenvalue weighted by atomic mass is 35.5. The quantitative estimate of drug-likeness (QED) is 0.681. The van der Waals surface area contributed by atoms with Crippen molar-refractivity contribution in [2.75, 3.05) is 6.54 Å². The fraction of sp³-hybridized carbons (Fsp3) is 0.350. The predicted octanol–water partition coefficient (Wildman–Crippen LogP) is 4.10. The van der Waals surface area contributed by atoms with Crippen molar-refractivity contribution in [3.63, 3.8) is 0 Å². The Hall–Kier alpha value is -2.30. The van der Waals surface area contributed by atoms with E-state index in [0.29, 0.717) is 24.4 Å². The lowest BCUT2D eigenvalue weighted by Crippen LogP contribution is -2.48. The molecule has 1 heterocycles. The monoisotopic (exact) mass is 476 g/mol. The molecule has 6 nitrogen and oxygen atoms in total. The Morgan fingerprint density at radius 2 is 1.84 bits per heavy atom. The summed E-state index contributed by atoms with van der Waals surface area (Å²) in [5.74, 6) is -0.920. The van der Waals surface area contributed by atoms with Gasteiger partial charge in [-0.2, -0.15) is 4.31 Å². The number of benzene rings is 2. The molecule has 1 N–H and O–H groups in total. The number of carbonyl (C=O) groups is 1.